The van der Waals surface area contributed by atoms with Gasteiger partial charge in [0, 0.05) is 29.5 Å². The van der Waals surface area contributed by atoms with Gasteiger partial charge < -0.3 is 0 Å². The molecule has 0 unspecified atom stereocenters. The SMILES string of the molecule is Cc1nnc2ccc(-c3cc([N+](=O)[O-])ccc3F)cn12. The van der Waals surface area contributed by atoms with Gasteiger partial charge >= 0.3 is 0 Å². The fourth-order valence-corrected chi connectivity index (χ4v) is 2.01. The fourth-order valence-electron chi connectivity index (χ4n) is 2.01. The lowest BCUT2D eigenvalue weighted by Crippen LogP contribution is -1.93. The molecule has 0 amide bonds. The fraction of sp³-hybridized carbons (Fsp3) is 0.0769. The molecule has 0 saturated carbocycles. The summed E-state index contributed by atoms with van der Waals surface area (Å²) < 4.78 is 15.6. The number of hydrogen-bond donors (Lipinski definition) is 0. The minimum Gasteiger partial charge on any atom is -0.286 e. The van der Waals surface area contributed by atoms with E-state index in [4.69, 9.17) is 0 Å². The van der Waals surface area contributed by atoms with Gasteiger partial charge in [-0.2, -0.15) is 0 Å². The Labute approximate surface area is 112 Å². The molecule has 2 heterocycles. The molecule has 0 bridgehead atoms. The lowest BCUT2D eigenvalue weighted by Gasteiger charge is -2.04. The van der Waals surface area contributed by atoms with Crippen LogP contribution >= 0.6 is 0 Å². The number of halogens is 1. The molecule has 7 heteroatoms. The maximum absolute atomic E-state index is 13.9. The van der Waals surface area contributed by atoms with Crippen molar-refractivity contribution < 1.29 is 9.31 Å². The maximum atomic E-state index is 13.9. The van der Waals surface area contributed by atoms with E-state index in [9.17, 15) is 14.5 Å². The van der Waals surface area contributed by atoms with E-state index in [1.807, 2.05) is 0 Å². The van der Waals surface area contributed by atoms with Crippen LogP contribution in [0.1, 0.15) is 5.82 Å². The minimum absolute atomic E-state index is 0.151. The van der Waals surface area contributed by atoms with Gasteiger partial charge in [0.15, 0.2) is 5.65 Å². The molecule has 0 aliphatic rings. The first-order valence-electron chi connectivity index (χ1n) is 5.82. The van der Waals surface area contributed by atoms with Crippen LogP contribution in [-0.4, -0.2) is 19.5 Å². The van der Waals surface area contributed by atoms with Crippen LogP contribution < -0.4 is 0 Å². The van der Waals surface area contributed by atoms with Crippen LogP contribution in [0.4, 0.5) is 10.1 Å². The molecule has 2 aromatic heterocycles. The molecule has 0 atom stereocenters. The quantitative estimate of drug-likeness (QED) is 0.531. The van der Waals surface area contributed by atoms with Crippen LogP contribution in [0.15, 0.2) is 36.5 Å². The molecule has 0 spiro atoms. The number of aryl methyl sites for hydroxylation is 1. The van der Waals surface area contributed by atoms with Gasteiger partial charge in [0.2, 0.25) is 0 Å². The number of pyridine rings is 1. The number of fused-ring (bicyclic) bond motifs is 1. The summed E-state index contributed by atoms with van der Waals surface area (Å²) in [6, 6.07) is 6.80. The lowest BCUT2D eigenvalue weighted by molar-refractivity contribution is -0.384. The van der Waals surface area contributed by atoms with Gasteiger partial charge in [-0.3, -0.25) is 14.5 Å². The van der Waals surface area contributed by atoms with Crippen molar-refractivity contribution in [1.29, 1.82) is 0 Å². The highest BCUT2D eigenvalue weighted by molar-refractivity contribution is 5.67. The standard InChI is InChI=1S/C13H9FN4O2/c1-8-15-16-13-5-2-9(7-17(8)13)11-6-10(18(19)20)3-4-12(11)14/h2-7H,1H3. The second kappa shape index (κ2) is 4.37. The third-order valence-corrected chi connectivity index (χ3v) is 3.04. The summed E-state index contributed by atoms with van der Waals surface area (Å²) in [5, 5.41) is 18.6. The Bertz CT molecular complexity index is 828. The summed E-state index contributed by atoms with van der Waals surface area (Å²) in [6.07, 6.45) is 1.66. The average molecular weight is 272 g/mol. The van der Waals surface area contributed by atoms with Crippen LogP contribution in [-0.2, 0) is 0 Å². The molecule has 100 valence electrons. The normalized spacial score (nSPS) is 10.9. The highest BCUT2D eigenvalue weighted by Crippen LogP contribution is 2.27. The van der Waals surface area contributed by atoms with Gasteiger partial charge in [0.05, 0.1) is 4.92 Å². The number of nitro benzene ring substituents is 1. The maximum Gasteiger partial charge on any atom is 0.270 e. The molecule has 1 aromatic carbocycles. The summed E-state index contributed by atoms with van der Waals surface area (Å²) in [5.41, 5.74) is 1.19. The van der Waals surface area contributed by atoms with Crippen molar-refractivity contribution in [3.05, 3.63) is 58.3 Å². The number of nitrogens with zero attached hydrogens (tertiary/aromatic N) is 4. The van der Waals surface area contributed by atoms with Gasteiger partial charge in [-0.05, 0) is 25.1 Å². The zero-order chi connectivity index (χ0) is 14.3. The van der Waals surface area contributed by atoms with Gasteiger partial charge in [0.25, 0.3) is 5.69 Å². The van der Waals surface area contributed by atoms with E-state index in [-0.39, 0.29) is 11.3 Å². The van der Waals surface area contributed by atoms with E-state index < -0.39 is 10.7 Å². The zero-order valence-electron chi connectivity index (χ0n) is 10.4. The topological polar surface area (TPSA) is 73.3 Å². The Hall–Kier alpha value is -2.83. The van der Waals surface area contributed by atoms with Gasteiger partial charge in [-0.15, -0.1) is 10.2 Å². The molecule has 0 radical (unpaired) electrons. The Kier molecular flexibility index (Phi) is 2.67. The summed E-state index contributed by atoms with van der Waals surface area (Å²) in [6.45, 7) is 1.77. The van der Waals surface area contributed by atoms with E-state index >= 15 is 0 Å². The number of aromatic nitrogens is 3. The van der Waals surface area contributed by atoms with E-state index in [0.717, 1.165) is 12.1 Å². The van der Waals surface area contributed by atoms with E-state index in [1.165, 1.54) is 6.07 Å². The van der Waals surface area contributed by atoms with Crippen molar-refractivity contribution >= 4 is 11.3 Å². The van der Waals surface area contributed by atoms with Crippen LogP contribution in [0, 0.1) is 22.9 Å². The molecule has 3 aromatic rings. The molecule has 0 N–H and O–H groups in total. The molecule has 20 heavy (non-hydrogen) atoms. The highest BCUT2D eigenvalue weighted by atomic mass is 19.1. The first-order valence-corrected chi connectivity index (χ1v) is 5.82. The van der Waals surface area contributed by atoms with Crippen LogP contribution in [0.3, 0.4) is 0 Å². The van der Waals surface area contributed by atoms with Crippen molar-refractivity contribution in [3.63, 3.8) is 0 Å². The molecule has 0 aliphatic carbocycles. The number of rotatable bonds is 2. The van der Waals surface area contributed by atoms with Crippen molar-refractivity contribution in [3.8, 4) is 11.1 Å². The Morgan fingerprint density at radius 3 is 2.80 bits per heavy atom. The third-order valence-electron chi connectivity index (χ3n) is 3.04. The van der Waals surface area contributed by atoms with Crippen molar-refractivity contribution in [2.75, 3.05) is 0 Å². The van der Waals surface area contributed by atoms with Crippen LogP contribution in [0.25, 0.3) is 16.8 Å². The van der Waals surface area contributed by atoms with Crippen molar-refractivity contribution in [1.82, 2.24) is 14.6 Å². The summed E-state index contributed by atoms with van der Waals surface area (Å²) >= 11 is 0. The molecular weight excluding hydrogens is 263 g/mol. The van der Waals surface area contributed by atoms with Crippen LogP contribution in [0.2, 0.25) is 0 Å². The lowest BCUT2D eigenvalue weighted by atomic mass is 10.1. The Morgan fingerprint density at radius 2 is 2.05 bits per heavy atom. The van der Waals surface area contributed by atoms with Crippen molar-refractivity contribution in [2.24, 2.45) is 0 Å². The van der Waals surface area contributed by atoms with Gasteiger partial charge in [-0.1, -0.05) is 0 Å². The first-order chi connectivity index (χ1) is 9.56. The van der Waals surface area contributed by atoms with Gasteiger partial charge in [0.1, 0.15) is 11.6 Å². The smallest absolute Gasteiger partial charge is 0.270 e. The van der Waals surface area contributed by atoms with Crippen molar-refractivity contribution in [2.45, 2.75) is 6.92 Å². The van der Waals surface area contributed by atoms with E-state index in [2.05, 4.69) is 10.2 Å². The largest absolute Gasteiger partial charge is 0.286 e. The number of benzene rings is 1. The Morgan fingerprint density at radius 1 is 1.25 bits per heavy atom. The molecule has 0 aliphatic heterocycles. The molecule has 0 saturated heterocycles. The monoisotopic (exact) mass is 272 g/mol. The average Bonchev–Trinajstić information content (AvgIpc) is 2.80. The highest BCUT2D eigenvalue weighted by Gasteiger charge is 2.13. The summed E-state index contributed by atoms with van der Waals surface area (Å²) in [7, 11) is 0. The first kappa shape index (κ1) is 12.2. The second-order valence-corrected chi connectivity index (χ2v) is 4.31. The Balaban J connectivity index is 2.21. The number of nitro groups is 1. The molecule has 0 fully saturated rings. The van der Waals surface area contributed by atoms with E-state index in [1.54, 1.807) is 29.7 Å². The van der Waals surface area contributed by atoms with Crippen LogP contribution in [0.5, 0.6) is 0 Å². The predicted molar refractivity (Wildman–Crippen MR) is 69.8 cm³/mol. The molecule has 3 rings (SSSR count). The number of non-ortho nitro benzene ring substituents is 1. The molecule has 6 nitrogen and oxygen atoms in total. The van der Waals surface area contributed by atoms with Gasteiger partial charge in [-0.25, -0.2) is 4.39 Å². The second-order valence-electron chi connectivity index (χ2n) is 4.31. The summed E-state index contributed by atoms with van der Waals surface area (Å²) in [5.74, 6) is 0.147. The zero-order valence-corrected chi connectivity index (χ0v) is 10.4. The molecular formula is C13H9FN4O2. The third kappa shape index (κ3) is 1.89. The summed E-state index contributed by atoms with van der Waals surface area (Å²) in [4.78, 5) is 10.2. The minimum atomic E-state index is -0.550. The van der Waals surface area contributed by atoms with E-state index in [0.29, 0.717) is 17.0 Å². The predicted octanol–water partition coefficient (Wildman–Crippen LogP) is 2.75. The number of hydrogen-bond acceptors (Lipinski definition) is 4.